The van der Waals surface area contributed by atoms with Gasteiger partial charge in [-0.25, -0.2) is 0 Å². The van der Waals surface area contributed by atoms with Crippen LogP contribution >= 0.6 is 0 Å². The van der Waals surface area contributed by atoms with E-state index in [9.17, 15) is 0 Å². The summed E-state index contributed by atoms with van der Waals surface area (Å²) in [5.41, 5.74) is 1.47. The number of likely N-dealkylation sites (tertiary alicyclic amines) is 2. The molecule has 0 aliphatic carbocycles. The first-order valence-electron chi connectivity index (χ1n) is 8.10. The van der Waals surface area contributed by atoms with E-state index in [0.29, 0.717) is 0 Å². The van der Waals surface area contributed by atoms with E-state index < -0.39 is 0 Å². The molecule has 0 aromatic heterocycles. The van der Waals surface area contributed by atoms with Crippen LogP contribution in [-0.2, 0) is 6.54 Å². The molecule has 0 bridgehead atoms. The molecule has 2 saturated heterocycles. The van der Waals surface area contributed by atoms with E-state index >= 15 is 0 Å². The molecular formula is C18H28N2. The molecule has 2 heteroatoms. The summed E-state index contributed by atoms with van der Waals surface area (Å²) in [6.07, 6.45) is 1.35. The van der Waals surface area contributed by atoms with Crippen LogP contribution in [0.2, 0.25) is 0 Å². The molecule has 1 aromatic carbocycles. The smallest absolute Gasteiger partial charge is 0.0236 e. The molecule has 0 saturated carbocycles. The molecule has 20 heavy (non-hydrogen) atoms. The molecule has 0 N–H and O–H groups in total. The molecule has 3 unspecified atom stereocenters. The maximum absolute atomic E-state index is 2.76. The molecule has 110 valence electrons. The lowest BCUT2D eigenvalue weighted by molar-refractivity contribution is 0.174. The number of fused-ring (bicyclic) bond motifs is 1. The quantitative estimate of drug-likeness (QED) is 0.831. The molecule has 2 aliphatic rings. The Hall–Kier alpha value is -0.860. The fourth-order valence-electron chi connectivity index (χ4n) is 4.26. The summed E-state index contributed by atoms with van der Waals surface area (Å²) in [5, 5.41) is 0. The van der Waals surface area contributed by atoms with Crippen LogP contribution in [-0.4, -0.2) is 42.5 Å². The number of hydrogen-bond donors (Lipinski definition) is 0. The molecule has 3 atom stereocenters. The lowest BCUT2D eigenvalue weighted by atomic mass is 9.89. The average Bonchev–Trinajstić information content (AvgIpc) is 2.89. The normalized spacial score (nSPS) is 31.1. The van der Waals surface area contributed by atoms with E-state index in [1.807, 2.05) is 0 Å². The number of benzene rings is 1. The Bertz CT molecular complexity index is 428. The second kappa shape index (κ2) is 5.87. The van der Waals surface area contributed by atoms with Gasteiger partial charge in [-0.05, 0) is 36.8 Å². The zero-order chi connectivity index (χ0) is 14.1. The van der Waals surface area contributed by atoms with Gasteiger partial charge in [0.2, 0.25) is 0 Å². The minimum atomic E-state index is 0.783. The van der Waals surface area contributed by atoms with Gasteiger partial charge in [-0.1, -0.05) is 44.2 Å². The maximum atomic E-state index is 2.76. The van der Waals surface area contributed by atoms with E-state index in [2.05, 4.69) is 61.0 Å². The van der Waals surface area contributed by atoms with Crippen LogP contribution in [0.25, 0.3) is 0 Å². The molecule has 2 fully saturated rings. The summed E-state index contributed by atoms with van der Waals surface area (Å²) in [7, 11) is 2.28. The molecule has 2 heterocycles. The van der Waals surface area contributed by atoms with E-state index in [4.69, 9.17) is 0 Å². The Morgan fingerprint density at radius 3 is 2.55 bits per heavy atom. The third kappa shape index (κ3) is 2.91. The number of hydrogen-bond acceptors (Lipinski definition) is 2. The fraction of sp³-hybridized carbons (Fsp3) is 0.667. The first-order chi connectivity index (χ1) is 9.63. The molecule has 1 aromatic rings. The molecule has 0 spiro atoms. The Morgan fingerprint density at radius 2 is 1.85 bits per heavy atom. The van der Waals surface area contributed by atoms with Crippen LogP contribution in [0.3, 0.4) is 0 Å². The van der Waals surface area contributed by atoms with Crippen molar-refractivity contribution in [2.45, 2.75) is 32.9 Å². The second-order valence-corrected chi connectivity index (χ2v) is 7.26. The third-order valence-corrected chi connectivity index (χ3v) is 5.05. The predicted molar refractivity (Wildman–Crippen MR) is 84.6 cm³/mol. The highest BCUT2D eigenvalue weighted by Crippen LogP contribution is 2.39. The van der Waals surface area contributed by atoms with Crippen molar-refractivity contribution in [1.29, 1.82) is 0 Å². The summed E-state index contributed by atoms with van der Waals surface area (Å²) in [5.74, 6) is 2.58. The summed E-state index contributed by atoms with van der Waals surface area (Å²) < 4.78 is 0. The molecule has 3 rings (SSSR count). The van der Waals surface area contributed by atoms with Crippen molar-refractivity contribution in [3.8, 4) is 0 Å². The predicted octanol–water partition coefficient (Wildman–Crippen LogP) is 3.09. The molecule has 0 radical (unpaired) electrons. The van der Waals surface area contributed by atoms with Crippen LogP contribution in [0, 0.1) is 17.8 Å². The van der Waals surface area contributed by atoms with Gasteiger partial charge < -0.3 is 4.90 Å². The topological polar surface area (TPSA) is 6.48 Å². The van der Waals surface area contributed by atoms with Gasteiger partial charge in [0.25, 0.3) is 0 Å². The van der Waals surface area contributed by atoms with Crippen molar-refractivity contribution in [3.05, 3.63) is 35.9 Å². The monoisotopic (exact) mass is 272 g/mol. The molecular weight excluding hydrogens is 244 g/mol. The van der Waals surface area contributed by atoms with E-state index in [1.54, 1.807) is 0 Å². The van der Waals surface area contributed by atoms with E-state index in [-0.39, 0.29) is 0 Å². The highest BCUT2D eigenvalue weighted by molar-refractivity contribution is 5.15. The van der Waals surface area contributed by atoms with Crippen molar-refractivity contribution >= 4 is 0 Å². The SMILES string of the molecule is CC(C)CC1C2CN(C)CC2CN1Cc1ccccc1. The highest BCUT2D eigenvalue weighted by Gasteiger charge is 2.45. The summed E-state index contributed by atoms with van der Waals surface area (Å²) in [4.78, 5) is 5.29. The molecule has 2 nitrogen and oxygen atoms in total. The van der Waals surface area contributed by atoms with Gasteiger partial charge in [-0.2, -0.15) is 0 Å². The molecule has 2 aliphatic heterocycles. The Morgan fingerprint density at radius 1 is 1.10 bits per heavy atom. The lowest BCUT2D eigenvalue weighted by Gasteiger charge is -2.30. The minimum absolute atomic E-state index is 0.783. The first kappa shape index (κ1) is 14.1. The number of nitrogens with zero attached hydrogens (tertiary/aromatic N) is 2. The largest absolute Gasteiger partial charge is 0.306 e. The van der Waals surface area contributed by atoms with E-state index in [1.165, 1.54) is 31.6 Å². The Balaban J connectivity index is 1.73. The van der Waals surface area contributed by atoms with Crippen LogP contribution in [0.5, 0.6) is 0 Å². The second-order valence-electron chi connectivity index (χ2n) is 7.26. The van der Waals surface area contributed by atoms with Gasteiger partial charge in [0.05, 0.1) is 0 Å². The minimum Gasteiger partial charge on any atom is -0.306 e. The molecule has 0 amide bonds. The van der Waals surface area contributed by atoms with Crippen molar-refractivity contribution < 1.29 is 0 Å². The summed E-state index contributed by atoms with van der Waals surface area (Å²) >= 11 is 0. The van der Waals surface area contributed by atoms with Crippen molar-refractivity contribution in [2.75, 3.05) is 26.7 Å². The average molecular weight is 272 g/mol. The zero-order valence-electron chi connectivity index (χ0n) is 13.1. The van der Waals surface area contributed by atoms with Gasteiger partial charge >= 0.3 is 0 Å². The lowest BCUT2D eigenvalue weighted by Crippen LogP contribution is -2.36. The van der Waals surface area contributed by atoms with Crippen molar-refractivity contribution in [1.82, 2.24) is 9.80 Å². The maximum Gasteiger partial charge on any atom is 0.0236 e. The summed E-state index contributed by atoms with van der Waals surface area (Å²) in [6, 6.07) is 11.8. The zero-order valence-corrected chi connectivity index (χ0v) is 13.1. The number of rotatable bonds is 4. The fourth-order valence-corrected chi connectivity index (χ4v) is 4.26. The van der Waals surface area contributed by atoms with Crippen LogP contribution in [0.1, 0.15) is 25.8 Å². The van der Waals surface area contributed by atoms with Gasteiger partial charge in [0.15, 0.2) is 0 Å². The van der Waals surface area contributed by atoms with Crippen LogP contribution < -0.4 is 0 Å². The Labute approximate surface area is 123 Å². The van der Waals surface area contributed by atoms with Crippen molar-refractivity contribution in [3.63, 3.8) is 0 Å². The third-order valence-electron chi connectivity index (χ3n) is 5.05. The van der Waals surface area contributed by atoms with Gasteiger partial charge in [-0.15, -0.1) is 0 Å². The highest BCUT2D eigenvalue weighted by atomic mass is 15.2. The standard InChI is InChI=1S/C18H28N2/c1-14(2)9-18-17-13-19(3)11-16(17)12-20(18)10-15-7-5-4-6-8-15/h4-8,14,16-18H,9-13H2,1-3H3. The Kier molecular flexibility index (Phi) is 4.13. The van der Waals surface area contributed by atoms with Gasteiger partial charge in [0.1, 0.15) is 0 Å². The van der Waals surface area contributed by atoms with Gasteiger partial charge in [-0.3, -0.25) is 4.90 Å². The first-order valence-corrected chi connectivity index (χ1v) is 8.10. The van der Waals surface area contributed by atoms with E-state index in [0.717, 1.165) is 30.3 Å². The van der Waals surface area contributed by atoms with Gasteiger partial charge in [0, 0.05) is 32.2 Å². The van der Waals surface area contributed by atoms with Crippen molar-refractivity contribution in [2.24, 2.45) is 17.8 Å². The van der Waals surface area contributed by atoms with Crippen LogP contribution in [0.4, 0.5) is 0 Å². The van der Waals surface area contributed by atoms with Crippen LogP contribution in [0.15, 0.2) is 30.3 Å². The summed E-state index contributed by atoms with van der Waals surface area (Å²) in [6.45, 7) is 9.76.